The number of fused-ring (bicyclic) bond motifs is 1. The van der Waals surface area contributed by atoms with Crippen molar-refractivity contribution in [3.8, 4) is 0 Å². The van der Waals surface area contributed by atoms with Gasteiger partial charge in [-0.15, -0.1) is 5.10 Å². The van der Waals surface area contributed by atoms with E-state index < -0.39 is 0 Å². The van der Waals surface area contributed by atoms with E-state index in [1.807, 2.05) is 30.3 Å². The zero-order valence-electron chi connectivity index (χ0n) is 11.5. The lowest BCUT2D eigenvalue weighted by molar-refractivity contribution is 0.0601. The summed E-state index contributed by atoms with van der Waals surface area (Å²) in [5, 5.41) is 11.4. The molecule has 21 heavy (non-hydrogen) atoms. The van der Waals surface area contributed by atoms with Crippen molar-refractivity contribution in [2.45, 2.75) is 6.67 Å². The van der Waals surface area contributed by atoms with Crippen LogP contribution in [0, 0.1) is 0 Å². The maximum Gasteiger partial charge on any atom is 0.337 e. The largest absolute Gasteiger partial charge is 0.465 e. The Balaban J connectivity index is 1.77. The van der Waals surface area contributed by atoms with Crippen LogP contribution in [0.1, 0.15) is 10.4 Å². The van der Waals surface area contributed by atoms with E-state index in [4.69, 9.17) is 4.74 Å². The van der Waals surface area contributed by atoms with Gasteiger partial charge in [0.15, 0.2) is 0 Å². The molecule has 0 atom stereocenters. The lowest BCUT2D eigenvalue weighted by atomic mass is 10.2. The quantitative estimate of drug-likeness (QED) is 0.743. The average Bonchev–Trinajstić information content (AvgIpc) is 2.95. The van der Waals surface area contributed by atoms with Gasteiger partial charge in [0.1, 0.15) is 12.2 Å². The van der Waals surface area contributed by atoms with Crippen LogP contribution in [-0.4, -0.2) is 28.1 Å². The molecule has 6 nitrogen and oxygen atoms in total. The van der Waals surface area contributed by atoms with Crippen molar-refractivity contribution in [2.75, 3.05) is 12.4 Å². The van der Waals surface area contributed by atoms with E-state index in [0.717, 1.165) is 16.7 Å². The number of nitrogens with zero attached hydrogens (tertiary/aromatic N) is 3. The number of para-hydroxylation sites is 1. The first-order chi connectivity index (χ1) is 10.3. The van der Waals surface area contributed by atoms with Crippen molar-refractivity contribution < 1.29 is 9.53 Å². The van der Waals surface area contributed by atoms with Crippen LogP contribution in [0.3, 0.4) is 0 Å². The van der Waals surface area contributed by atoms with Gasteiger partial charge in [-0.25, -0.2) is 9.48 Å². The number of esters is 1. The molecule has 0 radical (unpaired) electrons. The minimum atomic E-state index is -0.357. The van der Waals surface area contributed by atoms with Crippen LogP contribution in [0.5, 0.6) is 0 Å². The number of rotatable bonds is 4. The molecule has 1 N–H and O–H groups in total. The molecule has 1 heterocycles. The zero-order chi connectivity index (χ0) is 14.7. The second-order valence-corrected chi connectivity index (χ2v) is 4.48. The summed E-state index contributed by atoms with van der Waals surface area (Å²) in [5.41, 5.74) is 3.13. The molecule has 2 aromatic carbocycles. The Labute approximate surface area is 121 Å². The fourth-order valence-electron chi connectivity index (χ4n) is 2.07. The summed E-state index contributed by atoms with van der Waals surface area (Å²) in [6, 6.07) is 14.9. The van der Waals surface area contributed by atoms with Gasteiger partial charge in [-0.1, -0.05) is 23.4 Å². The number of carbonyl (C=O) groups is 1. The summed E-state index contributed by atoms with van der Waals surface area (Å²) in [5.74, 6) is -0.357. The highest BCUT2D eigenvalue weighted by atomic mass is 16.5. The molecule has 0 bridgehead atoms. The van der Waals surface area contributed by atoms with E-state index in [1.165, 1.54) is 7.11 Å². The van der Waals surface area contributed by atoms with Crippen molar-refractivity contribution in [3.05, 3.63) is 54.1 Å². The Morgan fingerprint density at radius 3 is 2.95 bits per heavy atom. The van der Waals surface area contributed by atoms with Crippen LogP contribution < -0.4 is 5.32 Å². The van der Waals surface area contributed by atoms with E-state index >= 15 is 0 Å². The van der Waals surface area contributed by atoms with Crippen molar-refractivity contribution in [1.82, 2.24) is 15.0 Å². The van der Waals surface area contributed by atoms with Gasteiger partial charge in [0.25, 0.3) is 0 Å². The summed E-state index contributed by atoms with van der Waals surface area (Å²) < 4.78 is 6.47. The van der Waals surface area contributed by atoms with Crippen LogP contribution >= 0.6 is 0 Å². The molecule has 0 saturated heterocycles. The summed E-state index contributed by atoms with van der Waals surface area (Å²) in [6.45, 7) is 0.463. The molecule has 0 spiro atoms. The van der Waals surface area contributed by atoms with Crippen LogP contribution in [0.2, 0.25) is 0 Å². The second-order valence-electron chi connectivity index (χ2n) is 4.48. The van der Waals surface area contributed by atoms with Gasteiger partial charge in [-0.3, -0.25) is 0 Å². The first-order valence-corrected chi connectivity index (χ1v) is 6.48. The third-order valence-corrected chi connectivity index (χ3v) is 3.14. The van der Waals surface area contributed by atoms with Crippen molar-refractivity contribution in [3.63, 3.8) is 0 Å². The molecule has 3 rings (SSSR count). The molecule has 106 valence electrons. The molecular weight excluding hydrogens is 268 g/mol. The van der Waals surface area contributed by atoms with Gasteiger partial charge >= 0.3 is 5.97 Å². The van der Waals surface area contributed by atoms with Crippen LogP contribution in [-0.2, 0) is 11.4 Å². The van der Waals surface area contributed by atoms with Crippen molar-refractivity contribution >= 4 is 22.7 Å². The molecule has 1 aromatic heterocycles. The van der Waals surface area contributed by atoms with Crippen molar-refractivity contribution in [1.29, 1.82) is 0 Å². The molecule has 0 aliphatic heterocycles. The summed E-state index contributed by atoms with van der Waals surface area (Å²) >= 11 is 0. The first kappa shape index (κ1) is 13.1. The van der Waals surface area contributed by atoms with Gasteiger partial charge in [-0.2, -0.15) is 0 Å². The monoisotopic (exact) mass is 282 g/mol. The molecule has 0 unspecified atom stereocenters. The van der Waals surface area contributed by atoms with Gasteiger partial charge in [-0.05, 0) is 30.3 Å². The number of ether oxygens (including phenoxy) is 1. The number of anilines is 1. The molecule has 3 aromatic rings. The molecular formula is C15H14N4O2. The average molecular weight is 282 g/mol. The Morgan fingerprint density at radius 2 is 2.10 bits per heavy atom. The summed E-state index contributed by atoms with van der Waals surface area (Å²) in [6.07, 6.45) is 0. The van der Waals surface area contributed by atoms with E-state index in [-0.39, 0.29) is 5.97 Å². The number of hydrogen-bond donors (Lipinski definition) is 1. The predicted molar refractivity (Wildman–Crippen MR) is 78.9 cm³/mol. The van der Waals surface area contributed by atoms with Crippen LogP contribution in [0.4, 0.5) is 5.69 Å². The topological polar surface area (TPSA) is 69.0 Å². The Hall–Kier alpha value is -2.89. The maximum absolute atomic E-state index is 11.5. The van der Waals surface area contributed by atoms with Gasteiger partial charge in [0.05, 0.1) is 18.2 Å². The number of carbonyl (C=O) groups excluding carboxylic acids is 1. The fourth-order valence-corrected chi connectivity index (χ4v) is 2.07. The lowest BCUT2D eigenvalue weighted by Crippen LogP contribution is -2.10. The Kier molecular flexibility index (Phi) is 3.51. The van der Waals surface area contributed by atoms with E-state index in [9.17, 15) is 4.79 Å². The van der Waals surface area contributed by atoms with Gasteiger partial charge < -0.3 is 10.1 Å². The normalized spacial score (nSPS) is 10.5. The molecule has 6 heteroatoms. The maximum atomic E-state index is 11.5. The SMILES string of the molecule is COC(=O)c1cccc(NCn2nnc3ccccc32)c1. The van der Waals surface area contributed by atoms with E-state index in [2.05, 4.69) is 15.6 Å². The third-order valence-electron chi connectivity index (χ3n) is 3.14. The van der Waals surface area contributed by atoms with Crippen molar-refractivity contribution in [2.24, 2.45) is 0 Å². The minimum Gasteiger partial charge on any atom is -0.465 e. The molecule has 0 saturated carbocycles. The second kappa shape index (κ2) is 5.62. The lowest BCUT2D eigenvalue weighted by Gasteiger charge is -2.08. The summed E-state index contributed by atoms with van der Waals surface area (Å²) in [7, 11) is 1.37. The Morgan fingerprint density at radius 1 is 1.24 bits per heavy atom. The molecule has 0 amide bonds. The highest BCUT2D eigenvalue weighted by molar-refractivity contribution is 5.90. The highest BCUT2D eigenvalue weighted by Crippen LogP contribution is 2.13. The number of aromatic nitrogens is 3. The first-order valence-electron chi connectivity index (χ1n) is 6.48. The standard InChI is InChI=1S/C15H14N4O2/c1-21-15(20)11-5-4-6-12(9-11)16-10-19-14-8-3-2-7-13(14)17-18-19/h2-9,16H,10H2,1H3. The van der Waals surface area contributed by atoms with Gasteiger partial charge in [0.2, 0.25) is 0 Å². The highest BCUT2D eigenvalue weighted by Gasteiger charge is 2.06. The predicted octanol–water partition coefficient (Wildman–Crippen LogP) is 2.29. The van der Waals surface area contributed by atoms with E-state index in [0.29, 0.717) is 12.2 Å². The smallest absolute Gasteiger partial charge is 0.337 e. The third kappa shape index (κ3) is 2.69. The minimum absolute atomic E-state index is 0.357. The van der Waals surface area contributed by atoms with E-state index in [1.54, 1.807) is 22.9 Å². The fraction of sp³-hybridized carbons (Fsp3) is 0.133. The molecule has 0 aliphatic carbocycles. The number of benzene rings is 2. The van der Waals surface area contributed by atoms with Crippen LogP contribution in [0.15, 0.2) is 48.5 Å². The number of nitrogens with one attached hydrogen (secondary N) is 1. The molecule has 0 fully saturated rings. The number of hydrogen-bond acceptors (Lipinski definition) is 5. The zero-order valence-corrected chi connectivity index (χ0v) is 11.5. The summed E-state index contributed by atoms with van der Waals surface area (Å²) in [4.78, 5) is 11.5. The number of methoxy groups -OCH3 is 1. The van der Waals surface area contributed by atoms with Gasteiger partial charge in [0, 0.05) is 5.69 Å². The Bertz CT molecular complexity index is 782. The van der Waals surface area contributed by atoms with Crippen LogP contribution in [0.25, 0.3) is 11.0 Å². The molecule has 0 aliphatic rings.